The van der Waals surface area contributed by atoms with Crippen molar-refractivity contribution in [1.82, 2.24) is 10.3 Å². The second-order valence-electron chi connectivity index (χ2n) is 6.45. The summed E-state index contributed by atoms with van der Waals surface area (Å²) in [7, 11) is 0. The number of urea groups is 1. The smallest absolute Gasteiger partial charge is 0.319 e. The van der Waals surface area contributed by atoms with Gasteiger partial charge >= 0.3 is 6.03 Å². The molecule has 0 saturated carbocycles. The molecule has 144 valence electrons. The molecule has 0 aliphatic carbocycles. The molecule has 7 heteroatoms. The van der Waals surface area contributed by atoms with E-state index in [1.54, 1.807) is 6.20 Å². The number of hydrogen-bond acceptors (Lipinski definition) is 5. The van der Waals surface area contributed by atoms with Gasteiger partial charge < -0.3 is 25.4 Å². The molecule has 1 fully saturated rings. The van der Waals surface area contributed by atoms with E-state index in [2.05, 4.69) is 20.9 Å². The van der Waals surface area contributed by atoms with Gasteiger partial charge in [-0.2, -0.15) is 0 Å². The summed E-state index contributed by atoms with van der Waals surface area (Å²) >= 11 is 0. The van der Waals surface area contributed by atoms with Crippen molar-refractivity contribution in [3.63, 3.8) is 0 Å². The number of nitrogens with zero attached hydrogens (tertiary/aromatic N) is 1. The average Bonchev–Trinajstić information content (AvgIpc) is 3.20. The lowest BCUT2D eigenvalue weighted by molar-refractivity contribution is 0.0679. The number of pyridine rings is 1. The average molecular weight is 370 g/mol. The standard InChI is InChI=1S/C20H26N4O3/c1-15-4-2-10-21-19(15)22-11-12-23-20(25)24-16-6-8-17(9-7-16)27-14-18-5-3-13-26-18/h2,4,6-10,18H,3,5,11-14H2,1H3,(H,21,22)(H2,23,24,25). The lowest BCUT2D eigenvalue weighted by Crippen LogP contribution is -2.32. The lowest BCUT2D eigenvalue weighted by Gasteiger charge is -2.12. The maximum atomic E-state index is 12.0. The summed E-state index contributed by atoms with van der Waals surface area (Å²) in [6.07, 6.45) is 4.08. The highest BCUT2D eigenvalue weighted by molar-refractivity contribution is 5.89. The molecule has 7 nitrogen and oxygen atoms in total. The number of carbonyl (C=O) groups excluding carboxylic acids is 1. The third-order valence-corrected chi connectivity index (χ3v) is 4.28. The molecule has 3 N–H and O–H groups in total. The van der Waals surface area contributed by atoms with E-state index in [9.17, 15) is 4.79 Å². The summed E-state index contributed by atoms with van der Waals surface area (Å²) in [5.41, 5.74) is 1.79. The number of nitrogens with one attached hydrogen (secondary N) is 3. The molecule has 1 atom stereocenters. The molecule has 1 aliphatic heterocycles. The second kappa shape index (κ2) is 9.78. The minimum Gasteiger partial charge on any atom is -0.491 e. The van der Waals surface area contributed by atoms with Crippen molar-refractivity contribution in [3.05, 3.63) is 48.2 Å². The maximum Gasteiger partial charge on any atom is 0.319 e. The minimum absolute atomic E-state index is 0.192. The monoisotopic (exact) mass is 370 g/mol. The van der Waals surface area contributed by atoms with Crippen molar-refractivity contribution in [1.29, 1.82) is 0 Å². The molecule has 2 aromatic rings. The topological polar surface area (TPSA) is 84.5 Å². The Bertz CT molecular complexity index is 730. The Labute approximate surface area is 159 Å². The number of anilines is 2. The minimum atomic E-state index is -0.248. The van der Waals surface area contributed by atoms with Crippen LogP contribution in [0.2, 0.25) is 0 Å². The maximum absolute atomic E-state index is 12.0. The first-order chi connectivity index (χ1) is 13.2. The predicted octanol–water partition coefficient (Wildman–Crippen LogP) is 3.18. The summed E-state index contributed by atoms with van der Waals surface area (Å²) < 4.78 is 11.2. The van der Waals surface area contributed by atoms with Crippen LogP contribution in [0.15, 0.2) is 42.6 Å². The molecule has 1 aromatic heterocycles. The number of ether oxygens (including phenoxy) is 2. The summed E-state index contributed by atoms with van der Waals surface area (Å²) in [4.78, 5) is 16.2. The van der Waals surface area contributed by atoms with E-state index in [0.29, 0.717) is 25.4 Å². The molecule has 1 aromatic carbocycles. The number of carbonyl (C=O) groups is 1. The van der Waals surface area contributed by atoms with Crippen LogP contribution >= 0.6 is 0 Å². The fourth-order valence-electron chi connectivity index (χ4n) is 2.80. The molecule has 1 saturated heterocycles. The number of hydrogen-bond donors (Lipinski definition) is 3. The van der Waals surface area contributed by atoms with Crippen LogP contribution in [0.4, 0.5) is 16.3 Å². The predicted molar refractivity (Wildman–Crippen MR) is 105 cm³/mol. The van der Waals surface area contributed by atoms with Crippen LogP contribution in [0.3, 0.4) is 0 Å². The Kier molecular flexibility index (Phi) is 6.87. The number of aryl methyl sites for hydroxylation is 1. The van der Waals surface area contributed by atoms with Gasteiger partial charge in [0.2, 0.25) is 0 Å². The molecule has 0 radical (unpaired) electrons. The van der Waals surface area contributed by atoms with Gasteiger partial charge in [0.15, 0.2) is 0 Å². The first-order valence-corrected chi connectivity index (χ1v) is 9.25. The van der Waals surface area contributed by atoms with Crippen molar-refractivity contribution < 1.29 is 14.3 Å². The van der Waals surface area contributed by atoms with Crippen LogP contribution in [0.1, 0.15) is 18.4 Å². The largest absolute Gasteiger partial charge is 0.491 e. The molecular weight excluding hydrogens is 344 g/mol. The van der Waals surface area contributed by atoms with Crippen LogP contribution in [-0.4, -0.2) is 43.4 Å². The van der Waals surface area contributed by atoms with Crippen molar-refractivity contribution in [3.8, 4) is 5.75 Å². The lowest BCUT2D eigenvalue weighted by atomic mass is 10.2. The van der Waals surface area contributed by atoms with E-state index in [1.165, 1.54) is 0 Å². The Morgan fingerprint density at radius 1 is 1.26 bits per heavy atom. The van der Waals surface area contributed by atoms with Gasteiger partial charge in [-0.3, -0.25) is 0 Å². The van der Waals surface area contributed by atoms with Gasteiger partial charge in [0.25, 0.3) is 0 Å². The summed E-state index contributed by atoms with van der Waals surface area (Å²) in [6.45, 7) is 4.47. The number of rotatable bonds is 8. The molecule has 3 rings (SSSR count). The Morgan fingerprint density at radius 2 is 2.11 bits per heavy atom. The van der Waals surface area contributed by atoms with E-state index in [-0.39, 0.29) is 12.1 Å². The summed E-state index contributed by atoms with van der Waals surface area (Å²) in [6, 6.07) is 11.0. The fourth-order valence-corrected chi connectivity index (χ4v) is 2.80. The van der Waals surface area contributed by atoms with Crippen molar-refractivity contribution in [2.24, 2.45) is 0 Å². The van der Waals surface area contributed by atoms with Gasteiger partial charge in [-0.25, -0.2) is 9.78 Å². The first-order valence-electron chi connectivity index (χ1n) is 9.25. The van der Waals surface area contributed by atoms with Crippen LogP contribution in [0, 0.1) is 6.92 Å². The van der Waals surface area contributed by atoms with E-state index < -0.39 is 0 Å². The van der Waals surface area contributed by atoms with Gasteiger partial charge in [-0.15, -0.1) is 0 Å². The van der Waals surface area contributed by atoms with Crippen molar-refractivity contribution >= 4 is 17.5 Å². The third-order valence-electron chi connectivity index (χ3n) is 4.28. The fraction of sp³-hybridized carbons (Fsp3) is 0.400. The Hall–Kier alpha value is -2.80. The Morgan fingerprint density at radius 3 is 2.85 bits per heavy atom. The highest BCUT2D eigenvalue weighted by Crippen LogP contribution is 2.18. The van der Waals surface area contributed by atoms with Gasteiger partial charge in [0.05, 0.1) is 6.10 Å². The highest BCUT2D eigenvalue weighted by atomic mass is 16.5. The third kappa shape index (κ3) is 6.14. The highest BCUT2D eigenvalue weighted by Gasteiger charge is 2.15. The molecule has 1 aliphatic rings. The zero-order valence-corrected chi connectivity index (χ0v) is 15.5. The second-order valence-corrected chi connectivity index (χ2v) is 6.45. The number of amides is 2. The molecular formula is C20H26N4O3. The van der Waals surface area contributed by atoms with Crippen LogP contribution < -0.4 is 20.7 Å². The van der Waals surface area contributed by atoms with E-state index in [1.807, 2.05) is 43.3 Å². The van der Waals surface area contributed by atoms with Crippen LogP contribution in [-0.2, 0) is 4.74 Å². The summed E-state index contributed by atoms with van der Waals surface area (Å²) in [5.74, 6) is 1.60. The molecule has 0 bridgehead atoms. The number of aromatic nitrogens is 1. The SMILES string of the molecule is Cc1cccnc1NCCNC(=O)Nc1ccc(OCC2CCCO2)cc1. The van der Waals surface area contributed by atoms with Gasteiger partial charge in [0.1, 0.15) is 18.2 Å². The summed E-state index contributed by atoms with van der Waals surface area (Å²) in [5, 5.41) is 8.81. The quantitative estimate of drug-likeness (QED) is 0.622. The van der Waals surface area contributed by atoms with Crippen molar-refractivity contribution in [2.45, 2.75) is 25.9 Å². The normalized spacial score (nSPS) is 16.0. The Balaban J connectivity index is 1.34. The van der Waals surface area contributed by atoms with Crippen molar-refractivity contribution in [2.75, 3.05) is 36.9 Å². The van der Waals surface area contributed by atoms with E-state index in [0.717, 1.165) is 36.6 Å². The number of benzene rings is 1. The van der Waals surface area contributed by atoms with Crippen LogP contribution in [0.5, 0.6) is 5.75 Å². The zero-order valence-electron chi connectivity index (χ0n) is 15.5. The zero-order chi connectivity index (χ0) is 18.9. The molecule has 0 spiro atoms. The molecule has 2 heterocycles. The van der Waals surface area contributed by atoms with Gasteiger partial charge in [0, 0.05) is 31.6 Å². The van der Waals surface area contributed by atoms with Crippen LogP contribution in [0.25, 0.3) is 0 Å². The molecule has 1 unspecified atom stereocenters. The molecule has 27 heavy (non-hydrogen) atoms. The van der Waals surface area contributed by atoms with Gasteiger partial charge in [-0.1, -0.05) is 6.07 Å². The van der Waals surface area contributed by atoms with E-state index >= 15 is 0 Å². The van der Waals surface area contributed by atoms with E-state index in [4.69, 9.17) is 9.47 Å². The molecule has 2 amide bonds. The first kappa shape index (κ1) is 19.0. The van der Waals surface area contributed by atoms with Gasteiger partial charge in [-0.05, 0) is 55.7 Å².